The fourth-order valence-corrected chi connectivity index (χ4v) is 2.18. The van der Waals surface area contributed by atoms with Crippen LogP contribution in [0.1, 0.15) is 18.5 Å². The summed E-state index contributed by atoms with van der Waals surface area (Å²) in [5.74, 6) is 0.851. The first kappa shape index (κ1) is 13.5. The van der Waals surface area contributed by atoms with Crippen molar-refractivity contribution in [1.29, 1.82) is 0 Å². The number of aromatic nitrogens is 1. The Hall–Kier alpha value is -0.580. The highest BCUT2D eigenvalue weighted by atomic mass is 35.5. The molecule has 0 atom stereocenters. The largest absolute Gasteiger partial charge is 0.451 e. The van der Waals surface area contributed by atoms with Crippen molar-refractivity contribution in [1.82, 2.24) is 15.2 Å². The average molecular weight is 246 g/mol. The lowest BCUT2D eigenvalue weighted by molar-refractivity contribution is 0.175. The normalized spacial score (nSPS) is 18.3. The van der Waals surface area contributed by atoms with Crippen molar-refractivity contribution in [2.24, 2.45) is 5.92 Å². The maximum absolute atomic E-state index is 4.97. The fourth-order valence-electron chi connectivity index (χ4n) is 2.18. The van der Waals surface area contributed by atoms with Crippen LogP contribution in [0, 0.1) is 5.92 Å². The van der Waals surface area contributed by atoms with Gasteiger partial charge in [0, 0.05) is 6.54 Å². The molecule has 0 aliphatic carbocycles. The zero-order valence-electron chi connectivity index (χ0n) is 9.69. The number of halogens is 1. The highest BCUT2D eigenvalue weighted by Gasteiger charge is 2.18. The van der Waals surface area contributed by atoms with Crippen LogP contribution in [0.3, 0.4) is 0 Å². The van der Waals surface area contributed by atoms with Crippen molar-refractivity contribution < 1.29 is 4.42 Å². The molecule has 0 radical (unpaired) electrons. The van der Waals surface area contributed by atoms with Gasteiger partial charge in [0.15, 0.2) is 6.39 Å². The Bertz CT molecular complexity index is 271. The first-order chi connectivity index (χ1) is 7.38. The predicted octanol–water partition coefficient (Wildman–Crippen LogP) is 1.53. The van der Waals surface area contributed by atoms with Crippen LogP contribution < -0.4 is 5.32 Å². The van der Waals surface area contributed by atoms with Gasteiger partial charge in [-0.15, -0.1) is 12.4 Å². The first-order valence-electron chi connectivity index (χ1n) is 5.62. The van der Waals surface area contributed by atoms with E-state index in [0.29, 0.717) is 0 Å². The van der Waals surface area contributed by atoms with Crippen molar-refractivity contribution >= 4 is 12.4 Å². The zero-order valence-corrected chi connectivity index (χ0v) is 10.5. The molecule has 92 valence electrons. The van der Waals surface area contributed by atoms with Gasteiger partial charge in [-0.25, -0.2) is 4.98 Å². The number of hydrogen-bond acceptors (Lipinski definition) is 4. The Labute approximate surface area is 103 Å². The fraction of sp³-hybridized carbons (Fsp3) is 0.727. The molecule has 0 bridgehead atoms. The van der Waals surface area contributed by atoms with E-state index in [1.54, 1.807) is 6.26 Å². The average Bonchev–Trinajstić information content (AvgIpc) is 2.74. The molecule has 0 spiro atoms. The Morgan fingerprint density at radius 1 is 1.50 bits per heavy atom. The molecule has 2 rings (SSSR count). The second-order valence-electron chi connectivity index (χ2n) is 4.26. The molecule has 1 saturated heterocycles. The second-order valence-corrected chi connectivity index (χ2v) is 4.26. The summed E-state index contributed by atoms with van der Waals surface area (Å²) in [5.41, 5.74) is 1.04. The zero-order chi connectivity index (χ0) is 10.5. The van der Waals surface area contributed by atoms with Gasteiger partial charge in [0.2, 0.25) is 0 Å². The Morgan fingerprint density at radius 2 is 2.25 bits per heavy atom. The molecular weight excluding hydrogens is 226 g/mol. The van der Waals surface area contributed by atoms with E-state index in [2.05, 4.69) is 15.2 Å². The van der Waals surface area contributed by atoms with E-state index in [1.165, 1.54) is 32.3 Å². The van der Waals surface area contributed by atoms with E-state index in [0.717, 1.165) is 24.7 Å². The third-order valence-corrected chi connectivity index (χ3v) is 3.07. The quantitative estimate of drug-likeness (QED) is 0.874. The van der Waals surface area contributed by atoms with Crippen LogP contribution in [0.2, 0.25) is 0 Å². The van der Waals surface area contributed by atoms with Gasteiger partial charge in [0.05, 0.1) is 5.69 Å². The van der Waals surface area contributed by atoms with Crippen LogP contribution in [0.15, 0.2) is 17.1 Å². The lowest BCUT2D eigenvalue weighted by Crippen LogP contribution is -2.36. The molecule has 5 heteroatoms. The van der Waals surface area contributed by atoms with Crippen LogP contribution in [0.4, 0.5) is 0 Å². The lowest BCUT2D eigenvalue weighted by Gasteiger charge is -2.31. The summed E-state index contributed by atoms with van der Waals surface area (Å²) in [6.07, 6.45) is 5.82. The van der Waals surface area contributed by atoms with E-state index >= 15 is 0 Å². The van der Waals surface area contributed by atoms with E-state index in [-0.39, 0.29) is 12.4 Å². The summed E-state index contributed by atoms with van der Waals surface area (Å²) in [4.78, 5) is 6.59. The summed E-state index contributed by atoms with van der Waals surface area (Å²) in [5, 5.41) is 3.25. The SMILES string of the molecule is CNCC1CCN(Cc2cocn2)CC1.Cl. The maximum atomic E-state index is 4.97. The molecule has 1 fully saturated rings. The van der Waals surface area contributed by atoms with Crippen LogP contribution in [0.5, 0.6) is 0 Å². The van der Waals surface area contributed by atoms with Gasteiger partial charge in [0.1, 0.15) is 6.26 Å². The van der Waals surface area contributed by atoms with Gasteiger partial charge in [-0.3, -0.25) is 4.90 Å². The number of oxazole rings is 1. The molecule has 0 amide bonds. The van der Waals surface area contributed by atoms with Gasteiger partial charge in [0.25, 0.3) is 0 Å². The Kier molecular flexibility index (Phi) is 5.80. The summed E-state index contributed by atoms with van der Waals surface area (Å²) < 4.78 is 4.97. The van der Waals surface area contributed by atoms with Crippen LogP contribution in [-0.2, 0) is 6.54 Å². The van der Waals surface area contributed by atoms with Gasteiger partial charge in [-0.2, -0.15) is 0 Å². The maximum Gasteiger partial charge on any atom is 0.180 e. The number of nitrogens with one attached hydrogen (secondary N) is 1. The number of piperidine rings is 1. The highest BCUT2D eigenvalue weighted by molar-refractivity contribution is 5.85. The number of nitrogens with zero attached hydrogens (tertiary/aromatic N) is 2. The first-order valence-corrected chi connectivity index (χ1v) is 5.62. The van der Waals surface area contributed by atoms with Gasteiger partial charge >= 0.3 is 0 Å². The molecule has 0 saturated carbocycles. The standard InChI is InChI=1S/C11H19N3O.ClH/c1-12-6-10-2-4-14(5-3-10)7-11-8-15-9-13-11;/h8-10,12H,2-7H2,1H3;1H. The van der Waals surface area contributed by atoms with Crippen LogP contribution in [-0.4, -0.2) is 36.6 Å². The molecular formula is C11H20ClN3O. The minimum absolute atomic E-state index is 0. The molecule has 1 aliphatic heterocycles. The van der Waals surface area contributed by atoms with Crippen molar-refractivity contribution in [3.63, 3.8) is 0 Å². The molecule has 1 aromatic rings. The minimum Gasteiger partial charge on any atom is -0.451 e. The van der Waals surface area contributed by atoms with Crippen LogP contribution in [0.25, 0.3) is 0 Å². The second kappa shape index (κ2) is 6.89. The summed E-state index contributed by atoms with van der Waals surface area (Å²) in [6, 6.07) is 0. The monoisotopic (exact) mass is 245 g/mol. The predicted molar refractivity (Wildman–Crippen MR) is 65.7 cm³/mol. The van der Waals surface area contributed by atoms with E-state index in [9.17, 15) is 0 Å². The van der Waals surface area contributed by atoms with E-state index in [4.69, 9.17) is 4.42 Å². The van der Waals surface area contributed by atoms with Crippen molar-refractivity contribution in [2.75, 3.05) is 26.7 Å². The van der Waals surface area contributed by atoms with Crippen molar-refractivity contribution in [3.05, 3.63) is 18.4 Å². The smallest absolute Gasteiger partial charge is 0.180 e. The molecule has 2 heterocycles. The summed E-state index contributed by atoms with van der Waals surface area (Å²) in [7, 11) is 2.03. The molecule has 0 aromatic carbocycles. The topological polar surface area (TPSA) is 41.3 Å². The minimum atomic E-state index is 0. The number of rotatable bonds is 4. The highest BCUT2D eigenvalue weighted by Crippen LogP contribution is 2.17. The Balaban J connectivity index is 0.00000128. The molecule has 4 nitrogen and oxygen atoms in total. The molecule has 1 aliphatic rings. The number of hydrogen-bond donors (Lipinski definition) is 1. The third-order valence-electron chi connectivity index (χ3n) is 3.07. The Morgan fingerprint density at radius 3 is 2.81 bits per heavy atom. The van der Waals surface area contributed by atoms with Gasteiger partial charge in [-0.05, 0) is 45.4 Å². The molecule has 1 aromatic heterocycles. The lowest BCUT2D eigenvalue weighted by atomic mass is 9.97. The molecule has 0 unspecified atom stereocenters. The molecule has 16 heavy (non-hydrogen) atoms. The van der Waals surface area contributed by atoms with Crippen LogP contribution >= 0.6 is 12.4 Å². The van der Waals surface area contributed by atoms with E-state index in [1.807, 2.05) is 7.05 Å². The third kappa shape index (κ3) is 3.77. The molecule has 1 N–H and O–H groups in total. The van der Waals surface area contributed by atoms with Gasteiger partial charge < -0.3 is 9.73 Å². The van der Waals surface area contributed by atoms with Crippen molar-refractivity contribution in [3.8, 4) is 0 Å². The summed E-state index contributed by atoms with van der Waals surface area (Å²) in [6.45, 7) is 4.44. The van der Waals surface area contributed by atoms with E-state index < -0.39 is 0 Å². The summed E-state index contributed by atoms with van der Waals surface area (Å²) >= 11 is 0. The van der Waals surface area contributed by atoms with Gasteiger partial charge in [-0.1, -0.05) is 0 Å². The van der Waals surface area contributed by atoms with Crippen molar-refractivity contribution in [2.45, 2.75) is 19.4 Å². The number of likely N-dealkylation sites (tertiary alicyclic amines) is 1.